The molecule has 0 aliphatic rings. The summed E-state index contributed by atoms with van der Waals surface area (Å²) >= 11 is 0. The van der Waals surface area contributed by atoms with Gasteiger partial charge >= 0.3 is 0 Å². The van der Waals surface area contributed by atoms with Gasteiger partial charge in [-0.15, -0.1) is 0 Å². The van der Waals surface area contributed by atoms with Gasteiger partial charge in [0, 0.05) is 19.7 Å². The number of anilines is 1. The van der Waals surface area contributed by atoms with Crippen molar-refractivity contribution in [3.8, 4) is 0 Å². The van der Waals surface area contributed by atoms with Crippen molar-refractivity contribution in [2.75, 3.05) is 23.7 Å². The molecule has 0 bridgehead atoms. The fourth-order valence-corrected chi connectivity index (χ4v) is 2.19. The van der Waals surface area contributed by atoms with E-state index in [2.05, 4.69) is 0 Å². The Hall–Kier alpha value is -1.21. The van der Waals surface area contributed by atoms with Crippen molar-refractivity contribution in [3.05, 3.63) is 29.8 Å². The summed E-state index contributed by atoms with van der Waals surface area (Å²) in [6.45, 7) is -0.0600. The maximum absolute atomic E-state index is 13.3. The van der Waals surface area contributed by atoms with Gasteiger partial charge in [0.2, 0.25) is 10.0 Å². The number of halogens is 2. The molecule has 0 saturated carbocycles. The maximum atomic E-state index is 13.3. The van der Waals surface area contributed by atoms with E-state index in [1.807, 2.05) is 0 Å². The minimum Gasteiger partial charge on any atom is -0.329 e. The Morgan fingerprint density at radius 1 is 1.38 bits per heavy atom. The zero-order chi connectivity index (χ0) is 12.3. The minimum absolute atomic E-state index is 0.0600. The zero-order valence-corrected chi connectivity index (χ0v) is 9.47. The molecule has 0 radical (unpaired) electrons. The lowest BCUT2D eigenvalue weighted by Crippen LogP contribution is -2.32. The summed E-state index contributed by atoms with van der Waals surface area (Å²) in [4.78, 5) is 0. The quantitative estimate of drug-likeness (QED) is 0.855. The molecular weight excluding hydrogens is 238 g/mol. The van der Waals surface area contributed by atoms with E-state index in [1.165, 1.54) is 7.05 Å². The second-order valence-corrected chi connectivity index (χ2v) is 5.29. The second kappa shape index (κ2) is 4.75. The molecule has 4 nitrogen and oxygen atoms in total. The summed E-state index contributed by atoms with van der Waals surface area (Å²) in [5.74, 6) is -1.98. The molecule has 0 aliphatic carbocycles. The molecule has 0 unspecified atom stereocenters. The summed E-state index contributed by atoms with van der Waals surface area (Å²) in [5.41, 5.74) is 4.93. The molecule has 2 N–H and O–H groups in total. The van der Waals surface area contributed by atoms with Crippen molar-refractivity contribution < 1.29 is 17.2 Å². The van der Waals surface area contributed by atoms with Gasteiger partial charge in [0.1, 0.15) is 11.6 Å². The smallest absolute Gasteiger partial charge is 0.236 e. The van der Waals surface area contributed by atoms with Crippen LogP contribution >= 0.6 is 0 Å². The Balaban J connectivity index is 3.10. The van der Waals surface area contributed by atoms with E-state index in [9.17, 15) is 17.2 Å². The predicted octanol–water partition coefficient (Wildman–Crippen LogP) is 0.690. The third-order valence-corrected chi connectivity index (χ3v) is 3.82. The monoisotopic (exact) mass is 250 g/mol. The summed E-state index contributed by atoms with van der Waals surface area (Å²) in [6.07, 6.45) is 0. The SMILES string of the molecule is CN(c1ccc(F)cc1F)S(=O)(=O)CCN. The lowest BCUT2D eigenvalue weighted by atomic mass is 10.3. The summed E-state index contributed by atoms with van der Waals surface area (Å²) in [7, 11) is -2.46. The van der Waals surface area contributed by atoms with Gasteiger partial charge in [0.15, 0.2) is 0 Å². The highest BCUT2D eigenvalue weighted by Gasteiger charge is 2.20. The van der Waals surface area contributed by atoms with Gasteiger partial charge < -0.3 is 5.73 Å². The molecular formula is C9H12F2N2O2S. The maximum Gasteiger partial charge on any atom is 0.236 e. The van der Waals surface area contributed by atoms with Gasteiger partial charge in [0.25, 0.3) is 0 Å². The van der Waals surface area contributed by atoms with Gasteiger partial charge in [0.05, 0.1) is 11.4 Å². The van der Waals surface area contributed by atoms with E-state index in [4.69, 9.17) is 5.73 Å². The van der Waals surface area contributed by atoms with Crippen molar-refractivity contribution in [3.63, 3.8) is 0 Å². The molecule has 1 rings (SSSR count). The van der Waals surface area contributed by atoms with Crippen LogP contribution in [0.1, 0.15) is 0 Å². The van der Waals surface area contributed by atoms with Crippen LogP contribution in [0.5, 0.6) is 0 Å². The molecule has 0 saturated heterocycles. The highest BCUT2D eigenvalue weighted by Crippen LogP contribution is 2.21. The number of rotatable bonds is 4. The van der Waals surface area contributed by atoms with Crippen LogP contribution in [0.3, 0.4) is 0 Å². The zero-order valence-electron chi connectivity index (χ0n) is 8.65. The summed E-state index contributed by atoms with van der Waals surface area (Å²) in [6, 6.07) is 2.69. The van der Waals surface area contributed by atoms with Crippen molar-refractivity contribution in [2.45, 2.75) is 0 Å². The van der Waals surface area contributed by atoms with Crippen LogP contribution in [0.25, 0.3) is 0 Å². The van der Waals surface area contributed by atoms with Crippen LogP contribution in [-0.2, 0) is 10.0 Å². The van der Waals surface area contributed by atoms with Crippen LogP contribution in [0.15, 0.2) is 18.2 Å². The minimum atomic E-state index is -3.65. The molecule has 1 aromatic carbocycles. The Labute approximate surface area is 92.7 Å². The van der Waals surface area contributed by atoms with Crippen LogP contribution in [0.2, 0.25) is 0 Å². The normalized spacial score (nSPS) is 11.5. The Bertz CT molecular complexity index is 476. The van der Waals surface area contributed by atoms with E-state index in [0.717, 1.165) is 16.4 Å². The van der Waals surface area contributed by atoms with Gasteiger partial charge in [-0.05, 0) is 12.1 Å². The van der Waals surface area contributed by atoms with Gasteiger partial charge in [-0.2, -0.15) is 0 Å². The van der Waals surface area contributed by atoms with Crippen LogP contribution in [0.4, 0.5) is 14.5 Å². The van der Waals surface area contributed by atoms with E-state index < -0.39 is 21.7 Å². The molecule has 0 spiro atoms. The summed E-state index contributed by atoms with van der Waals surface area (Å²) in [5, 5.41) is 0. The van der Waals surface area contributed by atoms with Crippen molar-refractivity contribution in [1.29, 1.82) is 0 Å². The largest absolute Gasteiger partial charge is 0.329 e. The van der Waals surface area contributed by atoms with E-state index >= 15 is 0 Å². The van der Waals surface area contributed by atoms with E-state index in [1.54, 1.807) is 0 Å². The first-order valence-corrected chi connectivity index (χ1v) is 6.11. The molecule has 90 valence electrons. The summed E-state index contributed by atoms with van der Waals surface area (Å²) < 4.78 is 49.8. The molecule has 7 heteroatoms. The van der Waals surface area contributed by atoms with E-state index in [-0.39, 0.29) is 18.0 Å². The van der Waals surface area contributed by atoms with Gasteiger partial charge in [-0.3, -0.25) is 4.31 Å². The fourth-order valence-electron chi connectivity index (χ4n) is 1.17. The predicted molar refractivity (Wildman–Crippen MR) is 57.6 cm³/mol. The lowest BCUT2D eigenvalue weighted by molar-refractivity contribution is 0.576. The number of hydrogen-bond acceptors (Lipinski definition) is 3. The van der Waals surface area contributed by atoms with Gasteiger partial charge in [-0.25, -0.2) is 17.2 Å². The Kier molecular flexibility index (Phi) is 3.82. The van der Waals surface area contributed by atoms with Crippen LogP contribution in [0, 0.1) is 11.6 Å². The number of nitrogens with two attached hydrogens (primary N) is 1. The second-order valence-electron chi connectivity index (χ2n) is 3.17. The highest BCUT2D eigenvalue weighted by atomic mass is 32.2. The van der Waals surface area contributed by atoms with Crippen molar-refractivity contribution >= 4 is 15.7 Å². The first-order valence-electron chi connectivity index (χ1n) is 4.50. The van der Waals surface area contributed by atoms with Crippen LogP contribution in [-0.4, -0.2) is 27.8 Å². The molecule has 0 fully saturated rings. The Morgan fingerprint density at radius 3 is 2.50 bits per heavy atom. The first kappa shape index (κ1) is 12.9. The lowest BCUT2D eigenvalue weighted by Gasteiger charge is -2.19. The molecule has 0 aromatic heterocycles. The molecule has 0 aliphatic heterocycles. The molecule has 0 atom stereocenters. The third kappa shape index (κ3) is 2.67. The van der Waals surface area contributed by atoms with Crippen molar-refractivity contribution in [2.24, 2.45) is 5.73 Å². The Morgan fingerprint density at radius 2 is 2.00 bits per heavy atom. The number of sulfonamides is 1. The highest BCUT2D eigenvalue weighted by molar-refractivity contribution is 7.92. The topological polar surface area (TPSA) is 63.4 Å². The van der Waals surface area contributed by atoms with Crippen LogP contribution < -0.4 is 10.0 Å². The standard InChI is InChI=1S/C9H12F2N2O2S/c1-13(16(14,15)5-4-12)9-3-2-7(10)6-8(9)11/h2-3,6H,4-5,12H2,1H3. The van der Waals surface area contributed by atoms with Crippen molar-refractivity contribution in [1.82, 2.24) is 0 Å². The molecule has 1 aromatic rings. The molecule has 0 heterocycles. The number of benzene rings is 1. The average Bonchev–Trinajstić information content (AvgIpc) is 2.16. The molecule has 0 amide bonds. The van der Waals surface area contributed by atoms with E-state index in [0.29, 0.717) is 6.07 Å². The third-order valence-electron chi connectivity index (χ3n) is 2.04. The first-order chi connectivity index (χ1) is 7.38. The average molecular weight is 250 g/mol. The number of hydrogen-bond donors (Lipinski definition) is 1. The van der Waals surface area contributed by atoms with Gasteiger partial charge in [-0.1, -0.05) is 0 Å². The number of nitrogens with zero attached hydrogens (tertiary/aromatic N) is 1. The molecule has 16 heavy (non-hydrogen) atoms. The fraction of sp³-hybridized carbons (Fsp3) is 0.333.